The number of rotatable bonds is 17. The number of allylic oxidation sites excluding steroid dienone is 1. The van der Waals surface area contributed by atoms with Gasteiger partial charge in [0.2, 0.25) is 5.88 Å². The van der Waals surface area contributed by atoms with E-state index >= 15 is 0 Å². The van der Waals surface area contributed by atoms with Gasteiger partial charge in [-0.1, -0.05) is 72.3 Å². The first-order valence-corrected chi connectivity index (χ1v) is 17.0. The molecule has 4 aromatic rings. The average molecular weight is 716 g/mol. The Morgan fingerprint density at radius 2 is 1.41 bits per heavy atom. The number of halogens is 1. The number of hydrogen-bond acceptors (Lipinski definition) is 9. The Balaban J connectivity index is 1.34. The summed E-state index contributed by atoms with van der Waals surface area (Å²) in [6, 6.07) is 21.9. The Labute approximate surface area is 301 Å². The minimum absolute atomic E-state index is 0.118. The molecule has 0 bridgehead atoms. The summed E-state index contributed by atoms with van der Waals surface area (Å²) in [4.78, 5) is 26.4. The monoisotopic (exact) mass is 715 g/mol. The number of benzene rings is 3. The Morgan fingerprint density at radius 3 is 2.06 bits per heavy atom. The van der Waals surface area contributed by atoms with Crippen LogP contribution in [0.25, 0.3) is 34.0 Å². The van der Waals surface area contributed by atoms with E-state index in [1.807, 2.05) is 54.6 Å². The number of carboxylic acids is 2. The van der Waals surface area contributed by atoms with Gasteiger partial charge in [0, 0.05) is 48.4 Å². The van der Waals surface area contributed by atoms with Gasteiger partial charge in [-0.2, -0.15) is 0 Å². The van der Waals surface area contributed by atoms with Gasteiger partial charge in [-0.3, -0.25) is 9.59 Å². The van der Waals surface area contributed by atoms with E-state index in [9.17, 15) is 19.8 Å². The quantitative estimate of drug-likeness (QED) is 0.0825. The van der Waals surface area contributed by atoms with Crippen LogP contribution in [0.5, 0.6) is 11.6 Å². The molecule has 0 saturated heterocycles. The molecule has 0 fully saturated rings. The van der Waals surface area contributed by atoms with Crippen molar-refractivity contribution in [2.75, 3.05) is 27.3 Å². The maximum atomic E-state index is 10.8. The van der Waals surface area contributed by atoms with Crippen molar-refractivity contribution in [3.63, 3.8) is 0 Å². The van der Waals surface area contributed by atoms with Crippen LogP contribution in [0.4, 0.5) is 0 Å². The molecule has 0 radical (unpaired) electrons. The highest BCUT2D eigenvalue weighted by Crippen LogP contribution is 2.43. The predicted molar refractivity (Wildman–Crippen MR) is 196 cm³/mol. The molecule has 3 aromatic carbocycles. The summed E-state index contributed by atoms with van der Waals surface area (Å²) >= 11 is 7.12. The fraction of sp³-hybridized carbons (Fsp3) is 0.308. The maximum absolute atomic E-state index is 10.8. The number of aromatic nitrogens is 1. The first-order valence-electron chi connectivity index (χ1n) is 16.6. The second-order valence-electron chi connectivity index (χ2n) is 12.4. The first-order chi connectivity index (χ1) is 24.6. The normalized spacial score (nSPS) is 14.3. The molecule has 0 amide bonds. The van der Waals surface area contributed by atoms with E-state index < -0.39 is 24.1 Å². The number of ether oxygens (including phenoxy) is 2. The van der Waals surface area contributed by atoms with Crippen molar-refractivity contribution in [2.24, 2.45) is 0 Å². The van der Waals surface area contributed by atoms with E-state index in [1.54, 1.807) is 7.11 Å². The summed E-state index contributed by atoms with van der Waals surface area (Å²) in [5, 5.41) is 44.2. The SMILES string of the molecule is COc1cc(/C=C2\CCc3c2cccc3-c2cccc(-c3ccc(CNC[C@@H](O)CC(=O)O)c(OC)n3)c2Cl)ccc1CNC[C@@H](O)CC(=O)O. The van der Waals surface area contributed by atoms with Gasteiger partial charge in [-0.15, -0.1) is 0 Å². The molecule has 5 rings (SSSR count). The summed E-state index contributed by atoms with van der Waals surface area (Å²) in [7, 11) is 3.15. The summed E-state index contributed by atoms with van der Waals surface area (Å²) in [5.41, 5.74) is 9.59. The van der Waals surface area contributed by atoms with Crippen molar-refractivity contribution < 1.29 is 39.5 Å². The van der Waals surface area contributed by atoms with E-state index in [0.29, 0.717) is 35.4 Å². The molecule has 1 aliphatic carbocycles. The number of pyridine rings is 1. The van der Waals surface area contributed by atoms with Crippen LogP contribution in [0.15, 0.2) is 66.7 Å². The second kappa shape index (κ2) is 17.4. The maximum Gasteiger partial charge on any atom is 0.306 e. The van der Waals surface area contributed by atoms with Gasteiger partial charge in [0.25, 0.3) is 0 Å². The summed E-state index contributed by atoms with van der Waals surface area (Å²) in [6.07, 6.45) is 1.26. The van der Waals surface area contributed by atoms with Crippen LogP contribution in [0.2, 0.25) is 5.02 Å². The molecule has 268 valence electrons. The van der Waals surface area contributed by atoms with Crippen LogP contribution in [-0.4, -0.2) is 76.9 Å². The Hall–Kier alpha value is -4.78. The van der Waals surface area contributed by atoms with Gasteiger partial charge in [0.1, 0.15) is 5.75 Å². The minimum Gasteiger partial charge on any atom is -0.496 e. The lowest BCUT2D eigenvalue weighted by molar-refractivity contribution is -0.140. The van der Waals surface area contributed by atoms with E-state index in [-0.39, 0.29) is 25.9 Å². The molecule has 1 aliphatic rings. The molecular weight excluding hydrogens is 674 g/mol. The van der Waals surface area contributed by atoms with Crippen molar-refractivity contribution in [1.82, 2.24) is 15.6 Å². The number of aliphatic hydroxyl groups is 2. The van der Waals surface area contributed by atoms with Gasteiger partial charge in [0.05, 0.1) is 50.0 Å². The number of aliphatic carboxylic acids is 2. The van der Waals surface area contributed by atoms with E-state index in [4.69, 9.17) is 36.3 Å². The van der Waals surface area contributed by atoms with Crippen molar-refractivity contribution in [2.45, 2.75) is 51.0 Å². The highest BCUT2D eigenvalue weighted by atomic mass is 35.5. The van der Waals surface area contributed by atoms with Gasteiger partial charge in [-0.25, -0.2) is 4.98 Å². The van der Waals surface area contributed by atoms with Crippen molar-refractivity contribution >= 4 is 35.2 Å². The average Bonchev–Trinajstić information content (AvgIpc) is 3.51. The zero-order valence-electron chi connectivity index (χ0n) is 28.5. The Bertz CT molecular complexity index is 1910. The molecule has 0 spiro atoms. The van der Waals surface area contributed by atoms with E-state index in [2.05, 4.69) is 28.8 Å². The third-order valence-electron chi connectivity index (χ3n) is 8.73. The third-order valence-corrected chi connectivity index (χ3v) is 9.13. The topological polar surface area (TPSA) is 170 Å². The number of nitrogens with zero attached hydrogens (tertiary/aromatic N) is 1. The second-order valence-corrected chi connectivity index (χ2v) is 12.7. The number of fused-ring (bicyclic) bond motifs is 1. The van der Waals surface area contributed by atoms with Crippen LogP contribution in [0.1, 0.15) is 47.1 Å². The van der Waals surface area contributed by atoms with Crippen molar-refractivity contribution in [1.29, 1.82) is 0 Å². The summed E-state index contributed by atoms with van der Waals surface area (Å²) in [6.45, 7) is 1.04. The molecule has 11 nitrogen and oxygen atoms in total. The minimum atomic E-state index is -1.06. The van der Waals surface area contributed by atoms with Crippen molar-refractivity contribution in [3.05, 3.63) is 99.6 Å². The highest BCUT2D eigenvalue weighted by molar-refractivity contribution is 6.36. The van der Waals surface area contributed by atoms with Crippen LogP contribution in [0.3, 0.4) is 0 Å². The zero-order chi connectivity index (χ0) is 36.5. The number of aliphatic hydroxyl groups excluding tert-OH is 2. The lowest BCUT2D eigenvalue weighted by atomic mass is 9.94. The highest BCUT2D eigenvalue weighted by Gasteiger charge is 2.23. The zero-order valence-corrected chi connectivity index (χ0v) is 29.2. The number of nitrogens with one attached hydrogen (secondary N) is 2. The number of carboxylic acid groups (broad SMARTS) is 2. The lowest BCUT2D eigenvalue weighted by Gasteiger charge is -2.15. The molecule has 1 heterocycles. The molecule has 1 aromatic heterocycles. The van der Waals surface area contributed by atoms with Gasteiger partial charge in [-0.05, 0) is 52.8 Å². The van der Waals surface area contributed by atoms with Gasteiger partial charge < -0.3 is 40.5 Å². The van der Waals surface area contributed by atoms with Crippen LogP contribution in [-0.2, 0) is 29.1 Å². The van der Waals surface area contributed by atoms with E-state index in [0.717, 1.165) is 51.8 Å². The summed E-state index contributed by atoms with van der Waals surface area (Å²) < 4.78 is 11.2. The smallest absolute Gasteiger partial charge is 0.306 e. The molecule has 0 aliphatic heterocycles. The molecule has 2 atom stereocenters. The first kappa shape index (κ1) is 37.5. The number of methoxy groups -OCH3 is 2. The fourth-order valence-electron chi connectivity index (χ4n) is 6.31. The predicted octanol–water partition coefficient (Wildman–Crippen LogP) is 5.42. The fourth-order valence-corrected chi connectivity index (χ4v) is 6.64. The molecule has 0 saturated carbocycles. The molecule has 0 unspecified atom stereocenters. The number of carbonyl (C=O) groups is 2. The summed E-state index contributed by atoms with van der Waals surface area (Å²) in [5.74, 6) is -1.00. The van der Waals surface area contributed by atoms with Crippen LogP contribution < -0.4 is 20.1 Å². The molecule has 51 heavy (non-hydrogen) atoms. The molecular formula is C39H42ClN3O8. The Kier molecular flexibility index (Phi) is 12.8. The largest absolute Gasteiger partial charge is 0.496 e. The third kappa shape index (κ3) is 9.52. The van der Waals surface area contributed by atoms with Crippen LogP contribution >= 0.6 is 11.6 Å². The van der Waals surface area contributed by atoms with Gasteiger partial charge in [0.15, 0.2) is 0 Å². The van der Waals surface area contributed by atoms with Gasteiger partial charge >= 0.3 is 11.9 Å². The lowest BCUT2D eigenvalue weighted by Crippen LogP contribution is -2.28. The Morgan fingerprint density at radius 1 is 0.804 bits per heavy atom. The van der Waals surface area contributed by atoms with Crippen molar-refractivity contribution in [3.8, 4) is 34.0 Å². The van der Waals surface area contributed by atoms with E-state index in [1.165, 1.54) is 18.2 Å². The molecule has 12 heteroatoms. The molecule has 6 N–H and O–H groups in total. The van der Waals surface area contributed by atoms with Crippen LogP contribution in [0, 0.1) is 0 Å². The number of hydrogen-bond donors (Lipinski definition) is 6. The standard InChI is InChI=1S/C39H42ClN3O8/c1-50-35-16-23(9-10-25(35)19-41-21-27(44)17-36(46)47)15-24-11-13-31-29(24)5-3-6-30(31)32-7-4-8-33(38(32)40)34-14-12-26(39(43-34)51-2)20-42-22-28(45)18-37(48)49/h3-10,12,14-16,27-28,41-42,44-45H,11,13,17-22H2,1-2H3,(H,46,47)(H,48,49)/b24-15+/t27-,28-/m0/s1.